The highest BCUT2D eigenvalue weighted by molar-refractivity contribution is 5.35. The van der Waals surface area contributed by atoms with Crippen molar-refractivity contribution in [2.24, 2.45) is 5.92 Å². The van der Waals surface area contributed by atoms with E-state index in [0.717, 1.165) is 18.4 Å². The lowest BCUT2D eigenvalue weighted by Crippen LogP contribution is -2.31. The molecule has 1 aliphatic carbocycles. The molecule has 0 N–H and O–H groups in total. The van der Waals surface area contributed by atoms with Gasteiger partial charge >= 0.3 is 0 Å². The summed E-state index contributed by atoms with van der Waals surface area (Å²) in [7, 11) is 0. The molecule has 1 aromatic carbocycles. The molecule has 1 aromatic rings. The number of hydrogen-bond acceptors (Lipinski definition) is 0. The molecule has 0 bridgehead atoms. The van der Waals surface area contributed by atoms with Crippen molar-refractivity contribution in [3.8, 4) is 0 Å². The molecule has 1 atom stereocenters. The van der Waals surface area contributed by atoms with E-state index in [-0.39, 0.29) is 5.92 Å². The Bertz CT molecular complexity index is 330. The van der Waals surface area contributed by atoms with Crippen molar-refractivity contribution in [3.05, 3.63) is 35.4 Å². The monoisotopic (exact) mass is 192 g/mol. The van der Waals surface area contributed by atoms with Crippen LogP contribution in [0.4, 0.5) is 4.39 Å². The third-order valence-electron chi connectivity index (χ3n) is 3.37. The lowest BCUT2D eigenvalue weighted by molar-refractivity contribution is 0.0762. The van der Waals surface area contributed by atoms with Crippen LogP contribution >= 0.6 is 0 Å². The van der Waals surface area contributed by atoms with E-state index >= 15 is 0 Å². The van der Waals surface area contributed by atoms with E-state index in [0.29, 0.717) is 6.42 Å². The Morgan fingerprint density at radius 2 is 2.00 bits per heavy atom. The molecule has 0 saturated heterocycles. The molecule has 0 heterocycles. The lowest BCUT2D eigenvalue weighted by atomic mass is 9.74. The van der Waals surface area contributed by atoms with E-state index in [2.05, 4.69) is 6.07 Å². The van der Waals surface area contributed by atoms with Crippen LogP contribution in [0.25, 0.3) is 0 Å². The molecule has 1 aliphatic rings. The van der Waals surface area contributed by atoms with Gasteiger partial charge in [0.2, 0.25) is 0 Å². The van der Waals surface area contributed by atoms with Gasteiger partial charge in [-0.05, 0) is 36.3 Å². The summed E-state index contributed by atoms with van der Waals surface area (Å²) in [5, 5.41) is 0. The molecule has 0 amide bonds. The standard InChI is InChI=1S/C13H17F/c1-10(2)13(14)9-5-7-11-6-3-4-8-12(11)13/h3-4,6,8,10H,5,7,9H2,1-2H3. The van der Waals surface area contributed by atoms with Crippen molar-refractivity contribution >= 4 is 0 Å². The van der Waals surface area contributed by atoms with Crippen molar-refractivity contribution in [1.82, 2.24) is 0 Å². The van der Waals surface area contributed by atoms with Gasteiger partial charge in [-0.1, -0.05) is 38.1 Å². The van der Waals surface area contributed by atoms with Crippen molar-refractivity contribution < 1.29 is 4.39 Å². The predicted molar refractivity (Wildman–Crippen MR) is 57.0 cm³/mol. The number of hydrogen-bond donors (Lipinski definition) is 0. The third-order valence-corrected chi connectivity index (χ3v) is 3.37. The Morgan fingerprint density at radius 3 is 2.71 bits per heavy atom. The van der Waals surface area contributed by atoms with Gasteiger partial charge < -0.3 is 0 Å². The minimum atomic E-state index is -1.09. The van der Waals surface area contributed by atoms with Gasteiger partial charge in [-0.2, -0.15) is 0 Å². The molecule has 0 radical (unpaired) electrons. The molecular formula is C13H17F. The van der Waals surface area contributed by atoms with Crippen LogP contribution in [-0.4, -0.2) is 0 Å². The van der Waals surface area contributed by atoms with Gasteiger partial charge in [0.25, 0.3) is 0 Å². The first-order chi connectivity index (χ1) is 6.64. The summed E-state index contributed by atoms with van der Waals surface area (Å²) in [6.07, 6.45) is 2.70. The largest absolute Gasteiger partial charge is 0.238 e. The minimum absolute atomic E-state index is 0.0731. The van der Waals surface area contributed by atoms with Gasteiger partial charge in [0.05, 0.1) is 0 Å². The molecule has 2 rings (SSSR count). The molecule has 1 heteroatoms. The Balaban J connectivity index is 2.50. The summed E-state index contributed by atoms with van der Waals surface area (Å²) in [5.41, 5.74) is 1.05. The maximum atomic E-state index is 14.7. The Kier molecular flexibility index (Phi) is 2.34. The molecule has 76 valence electrons. The first kappa shape index (κ1) is 9.70. The summed E-state index contributed by atoms with van der Waals surface area (Å²) in [6, 6.07) is 7.96. The highest BCUT2D eigenvalue weighted by Crippen LogP contribution is 2.43. The number of aryl methyl sites for hydroxylation is 1. The van der Waals surface area contributed by atoms with Crippen molar-refractivity contribution in [2.45, 2.75) is 38.8 Å². The van der Waals surface area contributed by atoms with Crippen LogP contribution < -0.4 is 0 Å². The number of fused-ring (bicyclic) bond motifs is 1. The van der Waals surface area contributed by atoms with E-state index in [1.54, 1.807) is 0 Å². The third kappa shape index (κ3) is 1.35. The molecule has 0 fully saturated rings. The lowest BCUT2D eigenvalue weighted by Gasteiger charge is -2.35. The maximum Gasteiger partial charge on any atom is 0.138 e. The normalized spacial score (nSPS) is 26.3. The topological polar surface area (TPSA) is 0 Å². The van der Waals surface area contributed by atoms with Gasteiger partial charge in [-0.15, -0.1) is 0 Å². The van der Waals surface area contributed by atoms with Crippen molar-refractivity contribution in [2.75, 3.05) is 0 Å². The number of halogens is 1. The zero-order valence-corrected chi connectivity index (χ0v) is 8.89. The quantitative estimate of drug-likeness (QED) is 0.634. The average Bonchev–Trinajstić information content (AvgIpc) is 2.18. The second-order valence-electron chi connectivity index (χ2n) is 4.53. The number of alkyl halides is 1. The molecule has 0 nitrogen and oxygen atoms in total. The fraction of sp³-hybridized carbons (Fsp3) is 0.538. The molecule has 0 aliphatic heterocycles. The first-order valence-electron chi connectivity index (χ1n) is 5.42. The maximum absolute atomic E-state index is 14.7. The second kappa shape index (κ2) is 3.38. The predicted octanol–water partition coefficient (Wildman–Crippen LogP) is 3.84. The van der Waals surface area contributed by atoms with Gasteiger partial charge in [-0.25, -0.2) is 4.39 Å². The summed E-state index contributed by atoms with van der Waals surface area (Å²) >= 11 is 0. The van der Waals surface area contributed by atoms with Crippen LogP contribution in [0.5, 0.6) is 0 Å². The van der Waals surface area contributed by atoms with Crippen LogP contribution in [0.15, 0.2) is 24.3 Å². The summed E-state index contributed by atoms with van der Waals surface area (Å²) in [4.78, 5) is 0. The van der Waals surface area contributed by atoms with Crippen LogP contribution in [0.3, 0.4) is 0 Å². The second-order valence-corrected chi connectivity index (χ2v) is 4.53. The zero-order chi connectivity index (χ0) is 10.2. The molecule has 0 spiro atoms. The van der Waals surface area contributed by atoms with E-state index < -0.39 is 5.67 Å². The van der Waals surface area contributed by atoms with Crippen LogP contribution in [0, 0.1) is 5.92 Å². The average molecular weight is 192 g/mol. The smallest absolute Gasteiger partial charge is 0.138 e. The SMILES string of the molecule is CC(C)C1(F)CCCc2ccccc21. The Morgan fingerprint density at radius 1 is 1.29 bits per heavy atom. The molecular weight excluding hydrogens is 175 g/mol. The van der Waals surface area contributed by atoms with Crippen molar-refractivity contribution in [3.63, 3.8) is 0 Å². The van der Waals surface area contributed by atoms with Crippen molar-refractivity contribution in [1.29, 1.82) is 0 Å². The molecule has 14 heavy (non-hydrogen) atoms. The van der Waals surface area contributed by atoms with Gasteiger partial charge in [-0.3, -0.25) is 0 Å². The first-order valence-corrected chi connectivity index (χ1v) is 5.42. The highest BCUT2D eigenvalue weighted by atomic mass is 19.1. The summed E-state index contributed by atoms with van der Waals surface area (Å²) in [6.45, 7) is 3.95. The van der Waals surface area contributed by atoms with E-state index in [4.69, 9.17) is 0 Å². The van der Waals surface area contributed by atoms with Crippen LogP contribution in [-0.2, 0) is 12.1 Å². The van der Waals surface area contributed by atoms with E-state index in [1.165, 1.54) is 5.56 Å². The summed E-state index contributed by atoms with van der Waals surface area (Å²) < 4.78 is 14.7. The van der Waals surface area contributed by atoms with Gasteiger partial charge in [0, 0.05) is 0 Å². The van der Waals surface area contributed by atoms with Gasteiger partial charge in [0.1, 0.15) is 5.67 Å². The molecule has 1 unspecified atom stereocenters. The fourth-order valence-electron chi connectivity index (χ4n) is 2.41. The Labute approximate surface area is 85.1 Å². The molecule has 0 aromatic heterocycles. The van der Waals surface area contributed by atoms with Crippen LogP contribution in [0.2, 0.25) is 0 Å². The van der Waals surface area contributed by atoms with E-state index in [1.807, 2.05) is 32.0 Å². The zero-order valence-electron chi connectivity index (χ0n) is 8.89. The number of benzene rings is 1. The van der Waals surface area contributed by atoms with Crippen LogP contribution in [0.1, 0.15) is 37.8 Å². The fourth-order valence-corrected chi connectivity index (χ4v) is 2.41. The number of rotatable bonds is 1. The summed E-state index contributed by atoms with van der Waals surface area (Å²) in [5.74, 6) is 0.0731. The van der Waals surface area contributed by atoms with Gasteiger partial charge in [0.15, 0.2) is 0 Å². The Hall–Kier alpha value is -0.850. The van der Waals surface area contributed by atoms with E-state index in [9.17, 15) is 4.39 Å². The highest BCUT2D eigenvalue weighted by Gasteiger charge is 2.39. The molecule has 0 saturated carbocycles. The minimum Gasteiger partial charge on any atom is -0.238 e.